The highest BCUT2D eigenvalue weighted by molar-refractivity contribution is 9.10. The van der Waals surface area contributed by atoms with Crippen LogP contribution in [0.2, 0.25) is 0 Å². The van der Waals surface area contributed by atoms with Gasteiger partial charge in [-0.05, 0) is 12.1 Å². The van der Waals surface area contributed by atoms with E-state index in [4.69, 9.17) is 0 Å². The highest BCUT2D eigenvalue weighted by Gasteiger charge is 2.36. The van der Waals surface area contributed by atoms with Gasteiger partial charge in [-0.15, -0.1) is 0 Å². The predicted octanol–water partition coefficient (Wildman–Crippen LogP) is 2.48. The van der Waals surface area contributed by atoms with Gasteiger partial charge < -0.3 is 15.0 Å². The third-order valence-electron chi connectivity index (χ3n) is 3.72. The summed E-state index contributed by atoms with van der Waals surface area (Å²) in [5.74, 6) is -0.248. The molecule has 0 radical (unpaired) electrons. The van der Waals surface area contributed by atoms with Crippen molar-refractivity contribution in [1.29, 1.82) is 0 Å². The Morgan fingerprint density at radius 3 is 3.10 bits per heavy atom. The molecule has 1 aromatic carbocycles. The molecule has 0 aliphatic carbocycles. The van der Waals surface area contributed by atoms with E-state index in [0.29, 0.717) is 5.56 Å². The van der Waals surface area contributed by atoms with Crippen molar-refractivity contribution >= 4 is 32.7 Å². The minimum absolute atomic E-state index is 0.0428. The summed E-state index contributed by atoms with van der Waals surface area (Å²) < 4.78 is 14.3. The van der Waals surface area contributed by atoms with Gasteiger partial charge in [-0.3, -0.25) is 4.79 Å². The number of alkyl halides is 1. The fourth-order valence-electron chi connectivity index (χ4n) is 2.74. The SMILES string of the molecule is O=C(c1c[nH]c2cccc(Br)c12)N1C[C@@H](F)C[C@H]1CO. The fourth-order valence-corrected chi connectivity index (χ4v) is 3.32. The normalized spacial score (nSPS) is 22.6. The van der Waals surface area contributed by atoms with E-state index in [2.05, 4.69) is 20.9 Å². The maximum absolute atomic E-state index is 13.5. The Bertz CT molecular complexity index is 658. The maximum atomic E-state index is 13.5. The molecule has 1 saturated heterocycles. The van der Waals surface area contributed by atoms with Crippen LogP contribution in [0.1, 0.15) is 16.8 Å². The number of aliphatic hydroxyl groups is 1. The van der Waals surface area contributed by atoms with Crippen molar-refractivity contribution in [2.24, 2.45) is 0 Å². The maximum Gasteiger partial charge on any atom is 0.256 e. The highest BCUT2D eigenvalue weighted by Crippen LogP contribution is 2.30. The van der Waals surface area contributed by atoms with Crippen LogP contribution in [-0.2, 0) is 0 Å². The van der Waals surface area contributed by atoms with Crippen molar-refractivity contribution < 1.29 is 14.3 Å². The summed E-state index contributed by atoms with van der Waals surface area (Å²) in [6.07, 6.45) is 0.772. The van der Waals surface area contributed by atoms with Gasteiger partial charge in [0, 0.05) is 28.0 Å². The lowest BCUT2D eigenvalue weighted by Crippen LogP contribution is -2.37. The molecule has 1 aliphatic rings. The monoisotopic (exact) mass is 340 g/mol. The van der Waals surface area contributed by atoms with Gasteiger partial charge in [-0.25, -0.2) is 4.39 Å². The number of aromatic amines is 1. The lowest BCUT2D eigenvalue weighted by molar-refractivity contribution is 0.0675. The summed E-state index contributed by atoms with van der Waals surface area (Å²) in [6.45, 7) is -0.170. The molecule has 0 saturated carbocycles. The molecule has 2 heterocycles. The number of fused-ring (bicyclic) bond motifs is 1. The Kier molecular flexibility index (Phi) is 3.52. The lowest BCUT2D eigenvalue weighted by atomic mass is 10.1. The zero-order valence-electron chi connectivity index (χ0n) is 10.6. The quantitative estimate of drug-likeness (QED) is 0.882. The number of H-pyrrole nitrogens is 1. The molecule has 0 spiro atoms. The second-order valence-corrected chi connectivity index (χ2v) is 5.85. The molecule has 1 amide bonds. The summed E-state index contributed by atoms with van der Waals surface area (Å²) in [7, 11) is 0. The van der Waals surface area contributed by atoms with Gasteiger partial charge in [-0.1, -0.05) is 22.0 Å². The van der Waals surface area contributed by atoms with Crippen LogP contribution in [0.25, 0.3) is 10.9 Å². The van der Waals surface area contributed by atoms with E-state index in [1.807, 2.05) is 18.2 Å². The number of benzene rings is 1. The van der Waals surface area contributed by atoms with Gasteiger partial charge in [0.25, 0.3) is 5.91 Å². The third-order valence-corrected chi connectivity index (χ3v) is 4.38. The van der Waals surface area contributed by atoms with Gasteiger partial charge in [0.2, 0.25) is 0 Å². The standard InChI is InChI=1S/C14H14BrFN2O2/c15-11-2-1-3-12-13(11)10(5-17-12)14(20)18-6-8(16)4-9(18)7-19/h1-3,5,8-9,17,19H,4,6-7H2/t8-,9-/m0/s1. The van der Waals surface area contributed by atoms with E-state index in [-0.39, 0.29) is 25.5 Å². The predicted molar refractivity (Wildman–Crippen MR) is 77.4 cm³/mol. The van der Waals surface area contributed by atoms with Crippen LogP contribution >= 0.6 is 15.9 Å². The molecule has 106 valence electrons. The van der Waals surface area contributed by atoms with E-state index in [1.54, 1.807) is 6.20 Å². The molecule has 0 unspecified atom stereocenters. The number of hydrogen-bond acceptors (Lipinski definition) is 2. The average molecular weight is 341 g/mol. The molecule has 0 bridgehead atoms. The average Bonchev–Trinajstić information content (AvgIpc) is 3.02. The molecule has 2 aromatic rings. The number of nitrogens with one attached hydrogen (secondary N) is 1. The van der Waals surface area contributed by atoms with Crippen LogP contribution in [0.15, 0.2) is 28.9 Å². The second kappa shape index (κ2) is 5.18. The fraction of sp³-hybridized carbons (Fsp3) is 0.357. The molecular formula is C14H14BrFN2O2. The Hall–Kier alpha value is -1.40. The van der Waals surface area contributed by atoms with Crippen LogP contribution in [-0.4, -0.2) is 46.3 Å². The molecule has 3 rings (SSSR count). The minimum atomic E-state index is -1.07. The first kappa shape index (κ1) is 13.6. The Morgan fingerprint density at radius 1 is 1.55 bits per heavy atom. The summed E-state index contributed by atoms with van der Waals surface area (Å²) in [4.78, 5) is 17.1. The van der Waals surface area contributed by atoms with Crippen LogP contribution in [0, 0.1) is 0 Å². The molecule has 1 aromatic heterocycles. The first-order chi connectivity index (χ1) is 9.61. The van der Waals surface area contributed by atoms with Gasteiger partial charge in [0.15, 0.2) is 0 Å². The molecule has 1 aliphatic heterocycles. The van der Waals surface area contributed by atoms with Crippen molar-refractivity contribution in [2.75, 3.05) is 13.2 Å². The molecule has 4 nitrogen and oxygen atoms in total. The molecule has 2 atom stereocenters. The van der Waals surface area contributed by atoms with E-state index in [0.717, 1.165) is 15.4 Å². The summed E-state index contributed by atoms with van der Waals surface area (Å²) in [5.41, 5.74) is 1.35. The number of likely N-dealkylation sites (tertiary alicyclic amines) is 1. The van der Waals surface area contributed by atoms with Crippen molar-refractivity contribution in [2.45, 2.75) is 18.6 Å². The summed E-state index contributed by atoms with van der Waals surface area (Å²) in [6, 6.07) is 5.17. The Morgan fingerprint density at radius 2 is 2.35 bits per heavy atom. The zero-order valence-corrected chi connectivity index (χ0v) is 12.2. The smallest absolute Gasteiger partial charge is 0.256 e. The number of amides is 1. The Labute approximate surface area is 123 Å². The number of aromatic nitrogens is 1. The van der Waals surface area contributed by atoms with Gasteiger partial charge in [0.1, 0.15) is 6.17 Å². The van der Waals surface area contributed by atoms with E-state index >= 15 is 0 Å². The van der Waals surface area contributed by atoms with Gasteiger partial charge in [-0.2, -0.15) is 0 Å². The van der Waals surface area contributed by atoms with E-state index in [1.165, 1.54) is 4.90 Å². The van der Waals surface area contributed by atoms with Crippen LogP contribution < -0.4 is 0 Å². The van der Waals surface area contributed by atoms with Crippen molar-refractivity contribution in [3.8, 4) is 0 Å². The van der Waals surface area contributed by atoms with Crippen molar-refractivity contribution in [3.63, 3.8) is 0 Å². The highest BCUT2D eigenvalue weighted by atomic mass is 79.9. The number of halogens is 2. The first-order valence-corrected chi connectivity index (χ1v) is 7.22. The number of hydrogen-bond donors (Lipinski definition) is 2. The summed E-state index contributed by atoms with van der Waals surface area (Å²) >= 11 is 3.43. The van der Waals surface area contributed by atoms with Crippen LogP contribution in [0.4, 0.5) is 4.39 Å². The largest absolute Gasteiger partial charge is 0.394 e. The molecule has 2 N–H and O–H groups in total. The van der Waals surface area contributed by atoms with E-state index in [9.17, 15) is 14.3 Å². The number of nitrogens with zero attached hydrogens (tertiary/aromatic N) is 1. The second-order valence-electron chi connectivity index (χ2n) is 4.99. The number of rotatable bonds is 2. The lowest BCUT2D eigenvalue weighted by Gasteiger charge is -2.22. The van der Waals surface area contributed by atoms with Crippen LogP contribution in [0.3, 0.4) is 0 Å². The van der Waals surface area contributed by atoms with E-state index < -0.39 is 12.2 Å². The topological polar surface area (TPSA) is 56.3 Å². The zero-order chi connectivity index (χ0) is 14.3. The molecule has 20 heavy (non-hydrogen) atoms. The van der Waals surface area contributed by atoms with Crippen LogP contribution in [0.5, 0.6) is 0 Å². The number of aliphatic hydroxyl groups excluding tert-OH is 1. The Balaban J connectivity index is 2.01. The molecule has 1 fully saturated rings. The summed E-state index contributed by atoms with van der Waals surface area (Å²) in [5, 5.41) is 10.1. The van der Waals surface area contributed by atoms with Crippen molar-refractivity contribution in [3.05, 3.63) is 34.4 Å². The number of carbonyl (C=O) groups is 1. The number of carbonyl (C=O) groups excluding carboxylic acids is 1. The molecule has 6 heteroatoms. The third kappa shape index (κ3) is 2.13. The molecular weight excluding hydrogens is 327 g/mol. The van der Waals surface area contributed by atoms with Gasteiger partial charge >= 0.3 is 0 Å². The minimum Gasteiger partial charge on any atom is -0.394 e. The van der Waals surface area contributed by atoms with Gasteiger partial charge in [0.05, 0.1) is 24.8 Å². The van der Waals surface area contributed by atoms with Crippen molar-refractivity contribution in [1.82, 2.24) is 9.88 Å². The first-order valence-electron chi connectivity index (χ1n) is 6.43.